The monoisotopic (exact) mass is 352 g/mol. The van der Waals surface area contributed by atoms with Gasteiger partial charge in [-0.05, 0) is 51.4 Å². The van der Waals surface area contributed by atoms with E-state index in [-0.39, 0.29) is 0 Å². The Kier molecular flexibility index (Phi) is 4.83. The number of hydrogen-bond donors (Lipinski definition) is 1. The second-order valence-corrected chi connectivity index (χ2v) is 7.47. The van der Waals surface area contributed by atoms with Gasteiger partial charge in [0.2, 0.25) is 0 Å². The molecule has 1 aliphatic heterocycles. The van der Waals surface area contributed by atoms with E-state index in [1.807, 2.05) is 30.1 Å². The van der Waals surface area contributed by atoms with Gasteiger partial charge in [-0.3, -0.25) is 9.58 Å². The van der Waals surface area contributed by atoms with Gasteiger partial charge in [-0.25, -0.2) is 0 Å². The molecular weight excluding hydrogens is 324 g/mol. The first-order chi connectivity index (χ1) is 12.6. The number of para-hydroxylation sites is 1. The van der Waals surface area contributed by atoms with E-state index in [0.717, 1.165) is 31.0 Å². The highest BCUT2D eigenvalue weighted by molar-refractivity contribution is 5.82. The topological polar surface area (TPSA) is 46.2 Å². The van der Waals surface area contributed by atoms with Crippen LogP contribution in [-0.4, -0.2) is 34.8 Å². The number of furan rings is 1. The lowest BCUT2D eigenvalue weighted by atomic mass is 9.87. The van der Waals surface area contributed by atoms with Crippen LogP contribution in [0.1, 0.15) is 35.9 Å². The Hall–Kier alpha value is -2.11. The van der Waals surface area contributed by atoms with Gasteiger partial charge in [0, 0.05) is 37.3 Å². The number of aryl methyl sites for hydroxylation is 2. The third-order valence-corrected chi connectivity index (χ3v) is 5.78. The Morgan fingerprint density at radius 2 is 2.08 bits per heavy atom. The molecule has 1 aromatic carbocycles. The summed E-state index contributed by atoms with van der Waals surface area (Å²) in [6, 6.07) is 10.9. The van der Waals surface area contributed by atoms with Crippen molar-refractivity contribution < 1.29 is 4.42 Å². The number of hydrogen-bond acceptors (Lipinski definition) is 4. The standard InChI is InChI=1S/C21H28N4O/c1-15-18(17-8-4-5-9-20(17)26-15)14-22-13-16-7-6-12-24(2)21(16)19-10-11-23-25(19)3/h4-5,8-11,16,21-22H,6-7,12-14H2,1-3H3/t16-,21+/m0/s1. The van der Waals surface area contributed by atoms with E-state index < -0.39 is 0 Å². The van der Waals surface area contributed by atoms with Crippen LogP contribution in [-0.2, 0) is 13.6 Å². The van der Waals surface area contributed by atoms with Crippen molar-refractivity contribution in [3.8, 4) is 0 Å². The lowest BCUT2D eigenvalue weighted by Crippen LogP contribution is -2.41. The van der Waals surface area contributed by atoms with Crippen molar-refractivity contribution in [2.45, 2.75) is 32.4 Å². The maximum atomic E-state index is 5.89. The zero-order chi connectivity index (χ0) is 18.1. The molecule has 0 spiro atoms. The Morgan fingerprint density at radius 1 is 1.23 bits per heavy atom. The summed E-state index contributed by atoms with van der Waals surface area (Å²) in [4.78, 5) is 2.48. The predicted molar refractivity (Wildman–Crippen MR) is 104 cm³/mol. The van der Waals surface area contributed by atoms with Crippen LogP contribution in [0.15, 0.2) is 40.9 Å². The Labute approximate surface area is 155 Å². The lowest BCUT2D eigenvalue weighted by Gasteiger charge is -2.39. The van der Waals surface area contributed by atoms with Gasteiger partial charge in [-0.1, -0.05) is 18.2 Å². The van der Waals surface area contributed by atoms with Crippen molar-refractivity contribution in [3.05, 3.63) is 53.5 Å². The van der Waals surface area contributed by atoms with Crippen molar-refractivity contribution in [2.24, 2.45) is 13.0 Å². The molecule has 1 aliphatic rings. The van der Waals surface area contributed by atoms with Crippen molar-refractivity contribution in [1.29, 1.82) is 0 Å². The second kappa shape index (κ2) is 7.25. The predicted octanol–water partition coefficient (Wildman–Crippen LogP) is 3.65. The van der Waals surface area contributed by atoms with E-state index in [2.05, 4.69) is 47.5 Å². The molecule has 1 N–H and O–H groups in total. The second-order valence-electron chi connectivity index (χ2n) is 7.47. The average Bonchev–Trinajstić information content (AvgIpc) is 3.18. The Morgan fingerprint density at radius 3 is 2.88 bits per heavy atom. The van der Waals surface area contributed by atoms with E-state index in [1.54, 1.807) is 0 Å². The molecule has 4 rings (SSSR count). The van der Waals surface area contributed by atoms with E-state index in [4.69, 9.17) is 4.42 Å². The minimum absolute atomic E-state index is 0.422. The average molecular weight is 352 g/mol. The molecule has 26 heavy (non-hydrogen) atoms. The number of fused-ring (bicyclic) bond motifs is 1. The molecule has 1 fully saturated rings. The smallest absolute Gasteiger partial charge is 0.134 e. The number of likely N-dealkylation sites (tertiary alicyclic amines) is 1. The highest BCUT2D eigenvalue weighted by atomic mass is 16.3. The van der Waals surface area contributed by atoms with Gasteiger partial charge in [0.15, 0.2) is 0 Å². The number of nitrogens with one attached hydrogen (secondary N) is 1. The number of rotatable bonds is 5. The SMILES string of the molecule is Cc1oc2ccccc2c1CNC[C@@H]1CCCN(C)[C@H]1c1ccnn1C. The van der Waals surface area contributed by atoms with Crippen LogP contribution < -0.4 is 5.32 Å². The van der Waals surface area contributed by atoms with Gasteiger partial charge < -0.3 is 9.73 Å². The quantitative estimate of drug-likeness (QED) is 0.761. The largest absolute Gasteiger partial charge is 0.461 e. The van der Waals surface area contributed by atoms with Gasteiger partial charge in [0.05, 0.1) is 11.7 Å². The fourth-order valence-electron chi connectivity index (χ4n) is 4.44. The molecule has 2 aromatic heterocycles. The third-order valence-electron chi connectivity index (χ3n) is 5.78. The van der Waals surface area contributed by atoms with Crippen LogP contribution in [0.3, 0.4) is 0 Å². The number of benzene rings is 1. The summed E-state index contributed by atoms with van der Waals surface area (Å²) in [6.07, 6.45) is 4.41. The van der Waals surface area contributed by atoms with Gasteiger partial charge >= 0.3 is 0 Å². The van der Waals surface area contributed by atoms with Crippen LogP contribution in [0.4, 0.5) is 0 Å². The Bertz CT molecular complexity index is 881. The molecule has 0 amide bonds. The summed E-state index contributed by atoms with van der Waals surface area (Å²) >= 11 is 0. The molecular formula is C21H28N4O. The summed E-state index contributed by atoms with van der Waals surface area (Å²) in [7, 11) is 4.28. The minimum atomic E-state index is 0.422. The fourth-order valence-corrected chi connectivity index (χ4v) is 4.44. The van der Waals surface area contributed by atoms with Crippen molar-refractivity contribution in [2.75, 3.05) is 20.1 Å². The van der Waals surface area contributed by atoms with Gasteiger partial charge in [0.1, 0.15) is 11.3 Å². The van der Waals surface area contributed by atoms with E-state index in [0.29, 0.717) is 12.0 Å². The van der Waals surface area contributed by atoms with E-state index in [9.17, 15) is 0 Å². The molecule has 0 aliphatic carbocycles. The molecule has 0 saturated carbocycles. The van der Waals surface area contributed by atoms with Gasteiger partial charge in [-0.2, -0.15) is 5.10 Å². The first-order valence-electron chi connectivity index (χ1n) is 9.51. The third kappa shape index (κ3) is 3.17. The fraction of sp³-hybridized carbons (Fsp3) is 0.476. The summed E-state index contributed by atoms with van der Waals surface area (Å²) in [5.41, 5.74) is 3.57. The molecule has 0 bridgehead atoms. The highest BCUT2D eigenvalue weighted by Gasteiger charge is 2.32. The van der Waals surface area contributed by atoms with Gasteiger partial charge in [0.25, 0.3) is 0 Å². The van der Waals surface area contributed by atoms with Crippen LogP contribution >= 0.6 is 0 Å². The first-order valence-corrected chi connectivity index (χ1v) is 9.51. The summed E-state index contributed by atoms with van der Waals surface area (Å²) in [5, 5.41) is 9.31. The summed E-state index contributed by atoms with van der Waals surface area (Å²) in [6.45, 7) is 5.06. The lowest BCUT2D eigenvalue weighted by molar-refractivity contribution is 0.113. The number of nitrogens with zero attached hydrogens (tertiary/aromatic N) is 3. The van der Waals surface area contributed by atoms with E-state index in [1.165, 1.54) is 29.5 Å². The van der Waals surface area contributed by atoms with Crippen LogP contribution in [0.2, 0.25) is 0 Å². The molecule has 1 saturated heterocycles. The molecule has 0 unspecified atom stereocenters. The maximum Gasteiger partial charge on any atom is 0.134 e. The maximum absolute atomic E-state index is 5.89. The van der Waals surface area contributed by atoms with Gasteiger partial charge in [-0.15, -0.1) is 0 Å². The normalized spacial score (nSPS) is 21.5. The molecule has 5 heteroatoms. The highest BCUT2D eigenvalue weighted by Crippen LogP contribution is 2.34. The first kappa shape index (κ1) is 17.3. The number of aromatic nitrogens is 2. The number of piperidine rings is 1. The molecule has 2 atom stereocenters. The summed E-state index contributed by atoms with van der Waals surface area (Å²) < 4.78 is 7.92. The molecule has 138 valence electrons. The molecule has 3 aromatic rings. The Balaban J connectivity index is 1.47. The van der Waals surface area contributed by atoms with Crippen molar-refractivity contribution in [1.82, 2.24) is 20.0 Å². The van der Waals surface area contributed by atoms with Crippen molar-refractivity contribution >= 4 is 11.0 Å². The zero-order valence-electron chi connectivity index (χ0n) is 15.9. The van der Waals surface area contributed by atoms with Crippen LogP contribution in [0.25, 0.3) is 11.0 Å². The molecule has 5 nitrogen and oxygen atoms in total. The molecule has 0 radical (unpaired) electrons. The van der Waals surface area contributed by atoms with Crippen molar-refractivity contribution in [3.63, 3.8) is 0 Å². The zero-order valence-corrected chi connectivity index (χ0v) is 15.9. The minimum Gasteiger partial charge on any atom is -0.461 e. The molecule has 3 heterocycles. The van der Waals surface area contributed by atoms with Crippen LogP contribution in [0, 0.1) is 12.8 Å². The summed E-state index contributed by atoms with van der Waals surface area (Å²) in [5.74, 6) is 1.60. The van der Waals surface area contributed by atoms with Crippen LogP contribution in [0.5, 0.6) is 0 Å². The van der Waals surface area contributed by atoms with E-state index >= 15 is 0 Å².